The number of allylic oxidation sites excluding steroid dienone is 4. The van der Waals surface area contributed by atoms with Gasteiger partial charge in [0.25, 0.3) is 0 Å². The SMILES string of the molecule is C=c1c(Nc2ccc(Oc3ccc(Nc4c(C=CC=CCC(C)CC)c(C)nc5ccccc45)cc3)cc2)c2ccccc2nc1=C=C=CCCCC. The lowest BCUT2D eigenvalue weighted by Crippen LogP contribution is -2.28. The lowest BCUT2D eigenvalue weighted by molar-refractivity contribution is 0.483. The van der Waals surface area contributed by atoms with Crippen LogP contribution in [0.2, 0.25) is 0 Å². The summed E-state index contributed by atoms with van der Waals surface area (Å²) in [5.41, 5.74) is 14.1. The summed E-state index contributed by atoms with van der Waals surface area (Å²) < 4.78 is 6.26. The molecule has 1 atom stereocenters. The van der Waals surface area contributed by atoms with Crippen LogP contribution in [0.3, 0.4) is 0 Å². The molecule has 4 aromatic carbocycles. The molecular formula is C48H48N4O. The minimum Gasteiger partial charge on any atom is -0.457 e. The van der Waals surface area contributed by atoms with Crippen molar-refractivity contribution in [3.05, 3.63) is 149 Å². The predicted molar refractivity (Wildman–Crippen MR) is 226 cm³/mol. The van der Waals surface area contributed by atoms with Crippen molar-refractivity contribution >= 4 is 62.9 Å². The zero-order valence-corrected chi connectivity index (χ0v) is 31.2. The van der Waals surface area contributed by atoms with Crippen LogP contribution in [0.1, 0.15) is 64.1 Å². The molecule has 53 heavy (non-hydrogen) atoms. The average molecular weight is 697 g/mol. The number of para-hydroxylation sites is 2. The van der Waals surface area contributed by atoms with Crippen molar-refractivity contribution in [2.24, 2.45) is 5.92 Å². The van der Waals surface area contributed by atoms with Crippen LogP contribution in [-0.4, -0.2) is 9.97 Å². The minimum absolute atomic E-state index is 0.682. The standard InChI is InChI=1S/C48H48N4O/c1-6-8-9-10-14-23-44-35(4)47(42-21-15-18-25-46(42)52-44)50-37-26-30-39(31-27-37)53-40-32-28-38(29-33-40)51-48-41(20-13-11-12-19-34(3)7-2)36(5)49-45-24-17-16-22-43(45)48/h10-13,15-18,20-22,24-34,50H,4,6-9,19H2,1-3,5H3,(H,49,51). The summed E-state index contributed by atoms with van der Waals surface area (Å²) in [4.78, 5) is 9.70. The number of hydrogen-bond donors (Lipinski definition) is 2. The number of hydrogen-bond acceptors (Lipinski definition) is 5. The van der Waals surface area contributed by atoms with Crippen LogP contribution in [0.4, 0.5) is 22.7 Å². The molecule has 0 bridgehead atoms. The van der Waals surface area contributed by atoms with Gasteiger partial charge in [-0.15, -0.1) is 0 Å². The molecule has 0 saturated heterocycles. The van der Waals surface area contributed by atoms with Crippen molar-refractivity contribution < 1.29 is 4.74 Å². The molecule has 6 aromatic rings. The van der Waals surface area contributed by atoms with E-state index in [1.54, 1.807) is 0 Å². The van der Waals surface area contributed by atoms with Crippen LogP contribution in [0.25, 0.3) is 40.2 Å². The molecule has 1 unspecified atom stereocenters. The third-order valence-electron chi connectivity index (χ3n) is 9.34. The quantitative estimate of drug-likeness (QED) is 0.0674. The molecule has 2 heterocycles. The summed E-state index contributed by atoms with van der Waals surface area (Å²) in [6.07, 6.45) is 16.2. The molecule has 2 N–H and O–H groups in total. The Kier molecular flexibility index (Phi) is 12.4. The molecule has 6 rings (SSSR count). The number of fused-ring (bicyclic) bond motifs is 2. The van der Waals surface area contributed by atoms with Crippen molar-refractivity contribution in [3.63, 3.8) is 0 Å². The third-order valence-corrected chi connectivity index (χ3v) is 9.34. The maximum Gasteiger partial charge on any atom is 0.127 e. The fourth-order valence-corrected chi connectivity index (χ4v) is 6.03. The molecule has 0 fully saturated rings. The molecule has 0 amide bonds. The zero-order chi connectivity index (χ0) is 37.0. The van der Waals surface area contributed by atoms with Crippen LogP contribution >= 0.6 is 0 Å². The zero-order valence-electron chi connectivity index (χ0n) is 31.2. The molecule has 0 saturated carbocycles. The summed E-state index contributed by atoms with van der Waals surface area (Å²) in [7, 11) is 0. The van der Waals surface area contributed by atoms with Crippen molar-refractivity contribution in [2.45, 2.75) is 59.8 Å². The van der Waals surface area contributed by atoms with E-state index in [-0.39, 0.29) is 0 Å². The van der Waals surface area contributed by atoms with Crippen LogP contribution in [0.5, 0.6) is 11.5 Å². The highest BCUT2D eigenvalue weighted by Gasteiger charge is 2.12. The number of pyridine rings is 2. The highest BCUT2D eigenvalue weighted by molar-refractivity contribution is 5.98. The van der Waals surface area contributed by atoms with Gasteiger partial charge in [0.15, 0.2) is 0 Å². The Bertz CT molecular complexity index is 2430. The molecule has 2 aromatic heterocycles. The lowest BCUT2D eigenvalue weighted by atomic mass is 10.0. The Morgan fingerprint density at radius 2 is 1.38 bits per heavy atom. The summed E-state index contributed by atoms with van der Waals surface area (Å²) in [6, 6.07) is 32.3. The Labute approximate surface area is 313 Å². The lowest BCUT2D eigenvalue weighted by Gasteiger charge is -2.16. The van der Waals surface area contributed by atoms with E-state index in [0.29, 0.717) is 11.3 Å². The van der Waals surface area contributed by atoms with E-state index in [2.05, 4.69) is 105 Å². The number of nitrogens with one attached hydrogen (secondary N) is 2. The molecule has 5 heteroatoms. The Balaban J connectivity index is 1.18. The van der Waals surface area contributed by atoms with Gasteiger partial charge >= 0.3 is 0 Å². The van der Waals surface area contributed by atoms with Gasteiger partial charge in [0.1, 0.15) is 16.8 Å². The summed E-state index contributed by atoms with van der Waals surface area (Å²) in [6.45, 7) is 13.1. The predicted octanol–water partition coefficient (Wildman–Crippen LogP) is 12.1. The fourth-order valence-electron chi connectivity index (χ4n) is 6.03. The van der Waals surface area contributed by atoms with Crippen molar-refractivity contribution in [1.29, 1.82) is 0 Å². The van der Waals surface area contributed by atoms with Gasteiger partial charge < -0.3 is 15.4 Å². The van der Waals surface area contributed by atoms with Crippen molar-refractivity contribution in [1.82, 2.24) is 9.97 Å². The summed E-state index contributed by atoms with van der Waals surface area (Å²) in [5, 5.41) is 10.8. The van der Waals surface area contributed by atoms with E-state index in [4.69, 9.17) is 14.7 Å². The second-order valence-corrected chi connectivity index (χ2v) is 13.4. The first-order valence-electron chi connectivity index (χ1n) is 18.7. The number of benzene rings is 4. The first-order valence-corrected chi connectivity index (χ1v) is 18.7. The monoisotopic (exact) mass is 696 g/mol. The normalized spacial score (nSPS) is 11.8. The number of ether oxygens (including phenoxy) is 1. The van der Waals surface area contributed by atoms with Gasteiger partial charge in [0.05, 0.1) is 22.4 Å². The molecule has 0 aliphatic heterocycles. The van der Waals surface area contributed by atoms with Gasteiger partial charge in [-0.05, 0) is 105 Å². The Hall–Kier alpha value is -6.12. The molecule has 5 nitrogen and oxygen atoms in total. The summed E-state index contributed by atoms with van der Waals surface area (Å²) >= 11 is 0. The largest absolute Gasteiger partial charge is 0.457 e. The Morgan fingerprint density at radius 1 is 0.774 bits per heavy atom. The number of anilines is 4. The third kappa shape index (κ3) is 9.41. The maximum absolute atomic E-state index is 6.26. The Morgan fingerprint density at radius 3 is 2.02 bits per heavy atom. The first kappa shape index (κ1) is 36.7. The van der Waals surface area contributed by atoms with E-state index >= 15 is 0 Å². The van der Waals surface area contributed by atoms with E-state index in [1.165, 1.54) is 6.42 Å². The number of unbranched alkanes of at least 4 members (excludes halogenated alkanes) is 2. The molecule has 0 spiro atoms. The molecule has 266 valence electrons. The van der Waals surface area contributed by atoms with E-state index in [9.17, 15) is 0 Å². The van der Waals surface area contributed by atoms with Crippen LogP contribution in [0, 0.1) is 12.8 Å². The topological polar surface area (TPSA) is 59.1 Å². The maximum atomic E-state index is 6.26. The van der Waals surface area contributed by atoms with Gasteiger partial charge in [-0.25, -0.2) is 4.98 Å². The molecule has 0 aliphatic carbocycles. The molecule has 0 aliphatic rings. The molecular weight excluding hydrogens is 649 g/mol. The highest BCUT2D eigenvalue weighted by atomic mass is 16.5. The second-order valence-electron chi connectivity index (χ2n) is 13.4. The van der Waals surface area contributed by atoms with Gasteiger partial charge in [-0.3, -0.25) is 4.98 Å². The number of rotatable bonds is 14. The average Bonchev–Trinajstić information content (AvgIpc) is 3.18. The van der Waals surface area contributed by atoms with Gasteiger partial charge in [-0.2, -0.15) is 0 Å². The van der Waals surface area contributed by atoms with E-state index < -0.39 is 0 Å². The van der Waals surface area contributed by atoms with Gasteiger partial charge in [0, 0.05) is 38.6 Å². The van der Waals surface area contributed by atoms with Gasteiger partial charge in [0.2, 0.25) is 0 Å². The van der Waals surface area contributed by atoms with Crippen LogP contribution < -0.4 is 25.9 Å². The first-order chi connectivity index (χ1) is 25.9. The van der Waals surface area contributed by atoms with Crippen molar-refractivity contribution in [2.75, 3.05) is 10.6 Å². The fraction of sp³-hybridized carbons (Fsp3) is 0.208. The minimum atomic E-state index is 0.682. The summed E-state index contributed by atoms with van der Waals surface area (Å²) in [5.74, 6) is 2.17. The van der Waals surface area contributed by atoms with Gasteiger partial charge in [-0.1, -0.05) is 107 Å². The van der Waals surface area contributed by atoms with Crippen LogP contribution in [0.15, 0.2) is 127 Å². The highest BCUT2D eigenvalue weighted by Crippen LogP contribution is 2.33. The number of nitrogens with zero attached hydrogens (tertiary/aromatic N) is 2. The molecule has 0 radical (unpaired) electrons. The number of aryl methyl sites for hydroxylation is 1. The smallest absolute Gasteiger partial charge is 0.127 e. The number of aromatic nitrogens is 2. The van der Waals surface area contributed by atoms with E-state index in [1.807, 2.05) is 78.9 Å². The van der Waals surface area contributed by atoms with E-state index in [0.717, 1.165) is 98.2 Å². The van der Waals surface area contributed by atoms with Crippen molar-refractivity contribution in [3.8, 4) is 11.5 Å². The second kappa shape index (κ2) is 17.9. The van der Waals surface area contributed by atoms with Crippen LogP contribution in [-0.2, 0) is 0 Å².